The number of carboxylic acids is 2. The minimum atomic E-state index is -1.69. The zero-order valence-electron chi connectivity index (χ0n) is 14.9. The number of carbonyl (C=O) groups is 2. The predicted molar refractivity (Wildman–Crippen MR) is 104 cm³/mol. The zero-order valence-corrected chi connectivity index (χ0v) is 15.8. The highest BCUT2D eigenvalue weighted by Crippen LogP contribution is 2.34. The van der Waals surface area contributed by atoms with Crippen molar-refractivity contribution in [2.75, 3.05) is 5.75 Å². The van der Waals surface area contributed by atoms with Crippen LogP contribution in [0.1, 0.15) is 25.0 Å². The maximum Gasteiger partial charge on any atom is 0.319 e. The lowest BCUT2D eigenvalue weighted by Gasteiger charge is -2.25. The fraction of sp³-hybridized carbons (Fsp3) is 0.300. The Bertz CT molecular complexity index is 754. The third kappa shape index (κ3) is 5.74. The molecule has 27 heavy (non-hydrogen) atoms. The van der Waals surface area contributed by atoms with E-state index >= 15 is 0 Å². The summed E-state index contributed by atoms with van der Waals surface area (Å²) in [7, 11) is 0. The van der Waals surface area contributed by atoms with Crippen molar-refractivity contribution in [1.29, 1.82) is 0 Å². The average Bonchev–Trinajstić information content (AvgIpc) is 2.63. The first-order valence-corrected chi connectivity index (χ1v) is 9.57. The summed E-state index contributed by atoms with van der Waals surface area (Å²) in [4.78, 5) is 23.5. The van der Waals surface area contributed by atoms with Crippen molar-refractivity contribution in [3.05, 3.63) is 60.2 Å². The number of thioether (sulfide) groups is 1. The fourth-order valence-corrected chi connectivity index (χ4v) is 3.49. The molecule has 6 nitrogen and oxygen atoms in total. The third-order valence-corrected chi connectivity index (χ3v) is 4.97. The third-order valence-electron chi connectivity index (χ3n) is 4.04. The van der Waals surface area contributed by atoms with Crippen LogP contribution < -0.4 is 10.5 Å². The van der Waals surface area contributed by atoms with E-state index in [-0.39, 0.29) is 6.42 Å². The second-order valence-corrected chi connectivity index (χ2v) is 7.26. The summed E-state index contributed by atoms with van der Waals surface area (Å²) in [6.07, 6.45) is -0.515. The Morgan fingerprint density at radius 3 is 2.22 bits per heavy atom. The number of ether oxygens (including phenoxy) is 1. The van der Waals surface area contributed by atoms with Crippen LogP contribution in [0, 0.1) is 5.92 Å². The van der Waals surface area contributed by atoms with Gasteiger partial charge in [0, 0.05) is 17.4 Å². The van der Waals surface area contributed by atoms with E-state index in [2.05, 4.69) is 0 Å². The Morgan fingerprint density at radius 2 is 1.63 bits per heavy atom. The second-order valence-electron chi connectivity index (χ2n) is 5.95. The van der Waals surface area contributed by atoms with E-state index in [0.717, 1.165) is 16.2 Å². The van der Waals surface area contributed by atoms with Crippen molar-refractivity contribution in [2.45, 2.75) is 30.4 Å². The molecule has 0 radical (unpaired) electrons. The molecule has 7 heteroatoms. The van der Waals surface area contributed by atoms with Gasteiger partial charge in [0.15, 0.2) is 5.92 Å². The Kier molecular flexibility index (Phi) is 7.69. The van der Waals surface area contributed by atoms with Gasteiger partial charge in [-0.1, -0.05) is 49.4 Å². The fourth-order valence-electron chi connectivity index (χ4n) is 2.75. The number of hydrogen-bond donors (Lipinski definition) is 3. The molecule has 2 atom stereocenters. The molecule has 144 valence electrons. The van der Waals surface area contributed by atoms with Gasteiger partial charge in [-0.25, -0.2) is 0 Å². The molecule has 0 fully saturated rings. The van der Waals surface area contributed by atoms with Crippen molar-refractivity contribution in [3.8, 4) is 5.75 Å². The molecule has 0 saturated carbocycles. The minimum Gasteiger partial charge on any atom is -0.485 e. The first-order chi connectivity index (χ1) is 12.9. The SMILES string of the molecule is CCSc1ccccc1OC(CC(N)C(C(=O)O)C(=O)O)c1ccccc1. The van der Waals surface area contributed by atoms with Gasteiger partial charge in [0.1, 0.15) is 11.9 Å². The van der Waals surface area contributed by atoms with Gasteiger partial charge in [-0.05, 0) is 23.4 Å². The van der Waals surface area contributed by atoms with E-state index in [0.29, 0.717) is 5.75 Å². The van der Waals surface area contributed by atoms with E-state index in [1.807, 2.05) is 61.5 Å². The van der Waals surface area contributed by atoms with Gasteiger partial charge in [0.05, 0.1) is 0 Å². The number of carboxylic acid groups (broad SMARTS) is 2. The smallest absolute Gasteiger partial charge is 0.319 e. The number of para-hydroxylation sites is 1. The normalized spacial score (nSPS) is 13.1. The summed E-state index contributed by atoms with van der Waals surface area (Å²) in [5, 5.41) is 18.4. The molecule has 0 amide bonds. The molecule has 2 aromatic carbocycles. The molecular weight excluding hydrogens is 366 g/mol. The van der Waals surface area contributed by atoms with Crippen LogP contribution in [0.15, 0.2) is 59.5 Å². The standard InChI is InChI=1S/C20H23NO5S/c1-2-27-17-11-7-6-10-15(17)26-16(13-8-4-3-5-9-13)12-14(21)18(19(22)23)20(24)25/h3-11,14,16,18H,2,12,21H2,1H3,(H,22,23)(H,24,25). The quantitative estimate of drug-likeness (QED) is 0.422. The summed E-state index contributed by atoms with van der Waals surface area (Å²) in [6.45, 7) is 2.04. The van der Waals surface area contributed by atoms with Gasteiger partial charge in [0.25, 0.3) is 0 Å². The number of nitrogens with two attached hydrogens (primary N) is 1. The molecule has 0 aliphatic heterocycles. The summed E-state index contributed by atoms with van der Waals surface area (Å²) in [5.74, 6) is -3.07. The van der Waals surface area contributed by atoms with Crippen LogP contribution in [0.4, 0.5) is 0 Å². The highest BCUT2D eigenvalue weighted by atomic mass is 32.2. The number of benzene rings is 2. The monoisotopic (exact) mass is 389 g/mol. The minimum absolute atomic E-state index is 0.0540. The van der Waals surface area contributed by atoms with Crippen LogP contribution in [0.2, 0.25) is 0 Å². The maximum absolute atomic E-state index is 11.3. The van der Waals surface area contributed by atoms with Crippen molar-refractivity contribution in [2.24, 2.45) is 11.7 Å². The molecule has 0 spiro atoms. The van der Waals surface area contributed by atoms with Gasteiger partial charge < -0.3 is 20.7 Å². The largest absolute Gasteiger partial charge is 0.485 e. The molecule has 0 aliphatic carbocycles. The van der Waals surface area contributed by atoms with Crippen molar-refractivity contribution in [3.63, 3.8) is 0 Å². The van der Waals surface area contributed by atoms with Gasteiger partial charge >= 0.3 is 11.9 Å². The predicted octanol–water partition coefficient (Wildman–Crippen LogP) is 3.42. The number of aliphatic carboxylic acids is 2. The van der Waals surface area contributed by atoms with Crippen LogP contribution >= 0.6 is 11.8 Å². The van der Waals surface area contributed by atoms with Crippen LogP contribution in [0.25, 0.3) is 0 Å². The molecule has 2 aromatic rings. The van der Waals surface area contributed by atoms with E-state index in [1.165, 1.54) is 0 Å². The first-order valence-electron chi connectivity index (χ1n) is 8.58. The van der Waals surface area contributed by atoms with Crippen LogP contribution in [0.5, 0.6) is 5.75 Å². The number of hydrogen-bond acceptors (Lipinski definition) is 5. The molecule has 0 aliphatic rings. The van der Waals surface area contributed by atoms with Gasteiger partial charge in [0.2, 0.25) is 0 Å². The van der Waals surface area contributed by atoms with Gasteiger partial charge in [-0.15, -0.1) is 11.8 Å². The Morgan fingerprint density at radius 1 is 1.04 bits per heavy atom. The van der Waals surface area contributed by atoms with Gasteiger partial charge in [-0.3, -0.25) is 9.59 Å². The maximum atomic E-state index is 11.3. The van der Waals surface area contributed by atoms with Crippen molar-refractivity contribution < 1.29 is 24.5 Å². The average molecular weight is 389 g/mol. The van der Waals surface area contributed by atoms with E-state index < -0.39 is 30.0 Å². The Labute approximate surface area is 162 Å². The van der Waals surface area contributed by atoms with Crippen molar-refractivity contribution in [1.82, 2.24) is 0 Å². The highest BCUT2D eigenvalue weighted by Gasteiger charge is 2.35. The van der Waals surface area contributed by atoms with Crippen LogP contribution in [-0.4, -0.2) is 33.9 Å². The summed E-state index contributed by atoms with van der Waals surface area (Å²) in [5.41, 5.74) is 6.77. The van der Waals surface area contributed by atoms with Gasteiger partial charge in [-0.2, -0.15) is 0 Å². The lowest BCUT2D eigenvalue weighted by atomic mass is 9.92. The summed E-state index contributed by atoms with van der Waals surface area (Å²) < 4.78 is 6.18. The molecule has 0 aromatic heterocycles. The Balaban J connectivity index is 2.30. The first kappa shape index (κ1) is 20.8. The molecule has 2 unspecified atom stereocenters. The van der Waals surface area contributed by atoms with Crippen LogP contribution in [-0.2, 0) is 9.59 Å². The molecule has 2 rings (SSSR count). The molecule has 0 bridgehead atoms. The summed E-state index contributed by atoms with van der Waals surface area (Å²) >= 11 is 1.63. The summed E-state index contributed by atoms with van der Waals surface area (Å²) in [6, 6.07) is 15.7. The van der Waals surface area contributed by atoms with E-state index in [4.69, 9.17) is 10.5 Å². The topological polar surface area (TPSA) is 110 Å². The van der Waals surface area contributed by atoms with E-state index in [1.54, 1.807) is 11.8 Å². The van der Waals surface area contributed by atoms with E-state index in [9.17, 15) is 19.8 Å². The molecular formula is C20H23NO5S. The Hall–Kier alpha value is -2.51. The van der Waals surface area contributed by atoms with Crippen molar-refractivity contribution >= 4 is 23.7 Å². The van der Waals surface area contributed by atoms with Crippen LogP contribution in [0.3, 0.4) is 0 Å². The zero-order chi connectivity index (χ0) is 19.8. The highest BCUT2D eigenvalue weighted by molar-refractivity contribution is 7.99. The number of rotatable bonds is 10. The molecule has 0 heterocycles. The second kappa shape index (κ2) is 9.99. The molecule has 4 N–H and O–H groups in total. The lowest BCUT2D eigenvalue weighted by molar-refractivity contribution is -0.155. The lowest BCUT2D eigenvalue weighted by Crippen LogP contribution is -2.42. The molecule has 0 saturated heterocycles.